The Morgan fingerprint density at radius 3 is 2.32 bits per heavy atom. The highest BCUT2D eigenvalue weighted by atomic mass is 35.5. The van der Waals surface area contributed by atoms with E-state index in [0.717, 1.165) is 62.1 Å². The molecule has 41 heavy (non-hydrogen) atoms. The third kappa shape index (κ3) is 17.2. The molecule has 4 N–H and O–H groups in total. The Balaban J connectivity index is 0.0000160. The number of nitrogens with zero attached hydrogens (tertiary/aromatic N) is 1. The van der Waals surface area contributed by atoms with E-state index in [0.29, 0.717) is 45.1 Å². The van der Waals surface area contributed by atoms with Crippen LogP contribution in [0.1, 0.15) is 78.2 Å². The number of carbonyl (C=O) groups excluding carboxylic acids is 1. The fourth-order valence-corrected chi connectivity index (χ4v) is 4.62. The molecule has 1 aromatic rings. The first-order valence-electron chi connectivity index (χ1n) is 15.3. The Morgan fingerprint density at radius 2 is 1.68 bits per heavy atom. The molecule has 0 aliphatic rings. The van der Waals surface area contributed by atoms with Gasteiger partial charge in [0, 0.05) is 38.6 Å². The summed E-state index contributed by atoms with van der Waals surface area (Å²) < 4.78 is 17.4. The molecule has 0 aliphatic heterocycles. The minimum Gasteiger partial charge on any atom is -0.490 e. The van der Waals surface area contributed by atoms with E-state index in [1.165, 1.54) is 0 Å². The summed E-state index contributed by atoms with van der Waals surface area (Å²) >= 11 is 0. The summed E-state index contributed by atoms with van der Waals surface area (Å²) in [6.07, 6.45) is 6.00. The van der Waals surface area contributed by atoms with Crippen molar-refractivity contribution in [2.45, 2.75) is 91.2 Å². The maximum absolute atomic E-state index is 12.3. The standard InChI is InChI=1S/C32H59N3O5.ClH/c1-8-9-15-34-32(37)25(4)20-29(36)28(33)23-27(24(2)3)21-26-13-14-30(39-18-11-10-16-35(5)6)31(22-26)40-19-12-17-38-7;/h13-14,22,24-25,27-29,36H,8-12,15-21,23,33H2,1-7H3,(H,34,37);1H/t25-,27+,28+,29+;/m1./s1. The van der Waals surface area contributed by atoms with Gasteiger partial charge >= 0.3 is 0 Å². The van der Waals surface area contributed by atoms with Crippen LogP contribution in [0.2, 0.25) is 0 Å². The van der Waals surface area contributed by atoms with Crippen LogP contribution in [0.5, 0.6) is 11.5 Å². The highest BCUT2D eigenvalue weighted by Gasteiger charge is 2.26. The number of ether oxygens (including phenoxy) is 3. The number of amides is 1. The molecule has 1 amide bonds. The van der Waals surface area contributed by atoms with E-state index in [9.17, 15) is 9.90 Å². The van der Waals surface area contributed by atoms with Crippen molar-refractivity contribution in [2.24, 2.45) is 23.5 Å². The Hall–Kier alpha value is -1.58. The number of nitrogens with one attached hydrogen (secondary N) is 1. The van der Waals surface area contributed by atoms with Crippen molar-refractivity contribution in [1.82, 2.24) is 10.2 Å². The molecule has 8 nitrogen and oxygen atoms in total. The molecule has 0 saturated heterocycles. The van der Waals surface area contributed by atoms with Gasteiger partial charge in [0.05, 0.1) is 19.3 Å². The Bertz CT molecular complexity index is 812. The van der Waals surface area contributed by atoms with Gasteiger partial charge in [-0.2, -0.15) is 0 Å². The lowest BCUT2D eigenvalue weighted by atomic mass is 9.82. The fourth-order valence-electron chi connectivity index (χ4n) is 4.62. The lowest BCUT2D eigenvalue weighted by molar-refractivity contribution is -0.125. The molecular formula is C32H60ClN3O5. The van der Waals surface area contributed by atoms with Crippen molar-refractivity contribution < 1.29 is 24.1 Å². The minimum atomic E-state index is -0.726. The molecule has 0 heterocycles. The van der Waals surface area contributed by atoms with Gasteiger partial charge in [0.15, 0.2) is 11.5 Å². The summed E-state index contributed by atoms with van der Waals surface area (Å²) in [6, 6.07) is 5.81. The average molecular weight is 602 g/mol. The maximum atomic E-state index is 12.3. The quantitative estimate of drug-likeness (QED) is 0.150. The number of nitrogens with two attached hydrogens (primary N) is 1. The fraction of sp³-hybridized carbons (Fsp3) is 0.781. The topological polar surface area (TPSA) is 106 Å². The summed E-state index contributed by atoms with van der Waals surface area (Å²) in [5.74, 6) is 1.90. The van der Waals surface area contributed by atoms with E-state index in [-0.39, 0.29) is 30.2 Å². The SMILES string of the molecule is CCCCNC(=O)[C@H](C)C[C@H](O)[C@@H](N)C[C@H](Cc1ccc(OCCCCN(C)C)c(OCCCOC)c1)C(C)C.Cl. The van der Waals surface area contributed by atoms with Crippen LogP contribution in [0, 0.1) is 17.8 Å². The van der Waals surface area contributed by atoms with Gasteiger partial charge in [-0.05, 0) is 88.7 Å². The number of methoxy groups -OCH3 is 1. The summed E-state index contributed by atoms with van der Waals surface area (Å²) in [4.78, 5) is 14.5. The molecule has 0 spiro atoms. The smallest absolute Gasteiger partial charge is 0.222 e. The first-order valence-corrected chi connectivity index (χ1v) is 15.3. The van der Waals surface area contributed by atoms with Crippen molar-refractivity contribution >= 4 is 18.3 Å². The van der Waals surface area contributed by atoms with Gasteiger partial charge in [-0.1, -0.05) is 40.2 Å². The summed E-state index contributed by atoms with van der Waals surface area (Å²) in [6.45, 7) is 11.9. The van der Waals surface area contributed by atoms with Crippen molar-refractivity contribution in [1.29, 1.82) is 0 Å². The molecule has 0 saturated carbocycles. The van der Waals surface area contributed by atoms with Crippen LogP contribution in [0.4, 0.5) is 0 Å². The van der Waals surface area contributed by atoms with Crippen LogP contribution in [0.3, 0.4) is 0 Å². The van der Waals surface area contributed by atoms with Gasteiger partial charge in [0.25, 0.3) is 0 Å². The van der Waals surface area contributed by atoms with Gasteiger partial charge in [-0.25, -0.2) is 0 Å². The maximum Gasteiger partial charge on any atom is 0.222 e. The number of halogens is 1. The van der Waals surface area contributed by atoms with E-state index >= 15 is 0 Å². The van der Waals surface area contributed by atoms with Crippen molar-refractivity contribution in [2.75, 3.05) is 54.1 Å². The van der Waals surface area contributed by atoms with Crippen LogP contribution >= 0.6 is 12.4 Å². The number of rotatable bonds is 23. The van der Waals surface area contributed by atoms with Crippen LogP contribution in [-0.2, 0) is 16.0 Å². The largest absolute Gasteiger partial charge is 0.490 e. The number of hydrogen-bond donors (Lipinski definition) is 3. The van der Waals surface area contributed by atoms with Crippen LogP contribution in [0.15, 0.2) is 18.2 Å². The van der Waals surface area contributed by atoms with Gasteiger partial charge in [0.1, 0.15) is 0 Å². The zero-order chi connectivity index (χ0) is 29.9. The second kappa shape index (κ2) is 22.9. The molecule has 1 aromatic carbocycles. The highest BCUT2D eigenvalue weighted by molar-refractivity contribution is 5.85. The highest BCUT2D eigenvalue weighted by Crippen LogP contribution is 2.32. The van der Waals surface area contributed by atoms with E-state index in [4.69, 9.17) is 19.9 Å². The molecule has 4 atom stereocenters. The normalized spacial score (nSPS) is 14.3. The zero-order valence-corrected chi connectivity index (χ0v) is 27.6. The predicted octanol–water partition coefficient (Wildman–Crippen LogP) is 5.08. The van der Waals surface area contributed by atoms with Crippen LogP contribution in [-0.4, -0.2) is 82.2 Å². The predicted molar refractivity (Wildman–Crippen MR) is 171 cm³/mol. The van der Waals surface area contributed by atoms with Crippen LogP contribution < -0.4 is 20.5 Å². The van der Waals surface area contributed by atoms with E-state index < -0.39 is 12.1 Å². The number of hydrogen-bond acceptors (Lipinski definition) is 7. The van der Waals surface area contributed by atoms with Crippen molar-refractivity contribution in [3.8, 4) is 11.5 Å². The number of carbonyl (C=O) groups is 1. The number of unbranched alkanes of at least 4 members (excludes halogenated alkanes) is 2. The van der Waals surface area contributed by atoms with Gasteiger partial charge in [-0.15, -0.1) is 12.4 Å². The first-order chi connectivity index (χ1) is 19.1. The molecule has 240 valence electrons. The van der Waals surface area contributed by atoms with Crippen molar-refractivity contribution in [3.05, 3.63) is 23.8 Å². The third-order valence-electron chi connectivity index (χ3n) is 7.40. The minimum absolute atomic E-state index is 0. The number of aliphatic hydroxyl groups is 1. The Labute approximate surface area is 256 Å². The number of benzene rings is 1. The molecule has 0 unspecified atom stereocenters. The molecule has 0 aliphatic carbocycles. The summed E-state index contributed by atoms with van der Waals surface area (Å²) in [7, 11) is 5.86. The second-order valence-corrected chi connectivity index (χ2v) is 11.8. The summed E-state index contributed by atoms with van der Waals surface area (Å²) in [5, 5.41) is 13.8. The third-order valence-corrected chi connectivity index (χ3v) is 7.40. The Kier molecular flexibility index (Phi) is 22.1. The molecule has 0 fully saturated rings. The zero-order valence-electron chi connectivity index (χ0n) is 26.8. The molecule has 9 heteroatoms. The molecule has 0 radical (unpaired) electrons. The monoisotopic (exact) mass is 601 g/mol. The van der Waals surface area contributed by atoms with E-state index in [1.54, 1.807) is 7.11 Å². The molecule has 0 bridgehead atoms. The van der Waals surface area contributed by atoms with E-state index in [1.807, 2.05) is 13.0 Å². The van der Waals surface area contributed by atoms with Gasteiger partial charge < -0.3 is 35.3 Å². The average Bonchev–Trinajstić information content (AvgIpc) is 2.91. The van der Waals surface area contributed by atoms with Crippen LogP contribution in [0.25, 0.3) is 0 Å². The van der Waals surface area contributed by atoms with Gasteiger partial charge in [-0.3, -0.25) is 4.79 Å². The molecule has 1 rings (SSSR count). The van der Waals surface area contributed by atoms with E-state index in [2.05, 4.69) is 57.2 Å². The van der Waals surface area contributed by atoms with Gasteiger partial charge in [0.2, 0.25) is 5.91 Å². The van der Waals surface area contributed by atoms with Crippen molar-refractivity contribution in [3.63, 3.8) is 0 Å². The Morgan fingerprint density at radius 1 is 1.00 bits per heavy atom. The summed E-state index contributed by atoms with van der Waals surface area (Å²) in [5.41, 5.74) is 7.64. The lowest BCUT2D eigenvalue weighted by Crippen LogP contribution is -2.41. The lowest BCUT2D eigenvalue weighted by Gasteiger charge is -2.28. The first kappa shape index (κ1) is 39.4. The molecule has 0 aromatic heterocycles. The second-order valence-electron chi connectivity index (χ2n) is 11.8. The molecular weight excluding hydrogens is 542 g/mol. The number of aliphatic hydroxyl groups excluding tert-OH is 1.